The van der Waals surface area contributed by atoms with Crippen molar-refractivity contribution in [2.75, 3.05) is 19.9 Å². The number of benzene rings is 2. The zero-order valence-electron chi connectivity index (χ0n) is 25.7. The molecule has 6 atom stereocenters. The zero-order chi connectivity index (χ0) is 31.1. The van der Waals surface area contributed by atoms with E-state index in [1.165, 1.54) is 21.1 Å². The van der Waals surface area contributed by atoms with Gasteiger partial charge in [0.1, 0.15) is 27.5 Å². The monoisotopic (exact) mass is 653 g/mol. The smallest absolute Gasteiger partial charge is 0.330 e. The van der Waals surface area contributed by atoms with Crippen LogP contribution in [0.4, 0.5) is 0 Å². The van der Waals surface area contributed by atoms with Crippen LogP contribution in [0.3, 0.4) is 0 Å². The van der Waals surface area contributed by atoms with E-state index in [4.69, 9.17) is 13.8 Å². The molecule has 1 aromatic heterocycles. The predicted molar refractivity (Wildman–Crippen MR) is 178 cm³/mol. The fraction of sp³-hybridized carbons (Fsp3) is 0.438. The van der Waals surface area contributed by atoms with Crippen LogP contribution in [-0.4, -0.2) is 66.5 Å². The zero-order valence-corrected chi connectivity index (χ0v) is 28.5. The summed E-state index contributed by atoms with van der Waals surface area (Å²) in [5, 5.41) is 2.78. The van der Waals surface area contributed by atoms with Gasteiger partial charge in [-0.25, -0.2) is 9.46 Å². The summed E-state index contributed by atoms with van der Waals surface area (Å²) in [6.45, 7) is 8.41. The highest BCUT2D eigenvalue weighted by Gasteiger charge is 2.51. The van der Waals surface area contributed by atoms with Crippen LogP contribution in [0.1, 0.15) is 31.1 Å². The number of ether oxygens (including phenoxy) is 1. The lowest BCUT2D eigenvalue weighted by molar-refractivity contribution is 0.00711. The van der Waals surface area contributed by atoms with E-state index in [1.54, 1.807) is 32.1 Å². The van der Waals surface area contributed by atoms with Crippen LogP contribution < -0.4 is 21.6 Å². The number of fused-ring (bicyclic) bond motifs is 1. The molecule has 0 amide bonds. The molecule has 3 aliphatic rings. The Labute approximate surface area is 260 Å². The summed E-state index contributed by atoms with van der Waals surface area (Å²) in [5.41, 5.74) is -0.521. The van der Waals surface area contributed by atoms with Gasteiger partial charge in [0.15, 0.2) is 0 Å². The maximum atomic E-state index is 12.7. The molecule has 234 valence electrons. The number of hydrogen-bond donors (Lipinski definition) is 1. The molecule has 1 unspecified atom stereocenters. The molecule has 3 aliphatic heterocycles. The second-order valence-electron chi connectivity index (χ2n) is 12.7. The van der Waals surface area contributed by atoms with E-state index in [2.05, 4.69) is 76.9 Å². The van der Waals surface area contributed by atoms with Gasteiger partial charge in [-0.2, -0.15) is 0 Å². The van der Waals surface area contributed by atoms with Crippen LogP contribution in [0.25, 0.3) is 0 Å². The third-order valence-corrected chi connectivity index (χ3v) is 16.1. The summed E-state index contributed by atoms with van der Waals surface area (Å²) in [5.74, 6) is 1.69. The molecule has 0 bridgehead atoms. The van der Waals surface area contributed by atoms with Gasteiger partial charge in [-0.05, 0) is 51.0 Å². The van der Waals surface area contributed by atoms with Gasteiger partial charge >= 0.3 is 5.69 Å². The van der Waals surface area contributed by atoms with Crippen molar-refractivity contribution in [1.29, 1.82) is 0 Å². The highest BCUT2D eigenvalue weighted by Crippen LogP contribution is 2.59. The van der Waals surface area contributed by atoms with E-state index in [1.807, 2.05) is 0 Å². The molecule has 4 heterocycles. The highest BCUT2D eigenvalue weighted by molar-refractivity contribution is 7.65. The number of nitrogens with zero attached hydrogens (tertiary/aromatic N) is 2. The minimum atomic E-state index is -2.47. The summed E-state index contributed by atoms with van der Waals surface area (Å²) < 4.78 is 36.4. The van der Waals surface area contributed by atoms with Crippen LogP contribution in [0, 0.1) is 6.92 Å². The number of nitrogens with one attached hydrogen (secondary N) is 1. The molecule has 3 fully saturated rings. The van der Waals surface area contributed by atoms with E-state index in [0.29, 0.717) is 12.0 Å². The fourth-order valence-electron chi connectivity index (χ4n) is 6.60. The Morgan fingerprint density at radius 3 is 2.39 bits per heavy atom. The van der Waals surface area contributed by atoms with Crippen molar-refractivity contribution in [3.63, 3.8) is 0 Å². The van der Waals surface area contributed by atoms with Gasteiger partial charge < -0.3 is 18.3 Å². The standard InChI is InChI=1S/C32H41N3O6P2Si/c1-23-21-34(32(37)33-31(23)36)30-20-28(27(39-30)17-19-43(2,3)38)40-42-35-18-11-16-26(35)29(41-42)22-44(4,24-12-7-5-8-13-24)25-14-9-6-10-15-25/h5-10,12-15,17,19,21,26-30H,11,16,18,20,22H2,1-4H3,(H,33,36,37)/b19-17+/t26-,27+,28+,29+,30+,42?/m0/s1. The molecule has 44 heavy (non-hydrogen) atoms. The van der Waals surface area contributed by atoms with Crippen molar-refractivity contribution < 1.29 is 18.3 Å². The Morgan fingerprint density at radius 2 is 1.75 bits per heavy atom. The summed E-state index contributed by atoms with van der Waals surface area (Å²) >= 11 is 0. The summed E-state index contributed by atoms with van der Waals surface area (Å²) in [7, 11) is -5.99. The Hall–Kier alpha value is -2.42. The molecule has 3 aromatic rings. The second kappa shape index (κ2) is 12.8. The van der Waals surface area contributed by atoms with E-state index in [0.717, 1.165) is 25.4 Å². The van der Waals surface area contributed by atoms with Crippen molar-refractivity contribution >= 4 is 34.1 Å². The Kier molecular flexibility index (Phi) is 9.15. The van der Waals surface area contributed by atoms with Crippen LogP contribution in [0.5, 0.6) is 0 Å². The third-order valence-electron chi connectivity index (χ3n) is 9.00. The Bertz CT molecular complexity index is 1620. The van der Waals surface area contributed by atoms with Gasteiger partial charge in [-0.3, -0.25) is 14.3 Å². The van der Waals surface area contributed by atoms with Crippen LogP contribution in [0.15, 0.2) is 88.3 Å². The minimum Gasteiger partial charge on any atom is -0.348 e. The lowest BCUT2D eigenvalue weighted by Gasteiger charge is -2.32. The number of rotatable bonds is 9. The molecule has 9 nitrogen and oxygen atoms in total. The van der Waals surface area contributed by atoms with Gasteiger partial charge in [-0.15, -0.1) is 0 Å². The Balaban J connectivity index is 1.26. The Morgan fingerprint density at radius 1 is 1.09 bits per heavy atom. The molecule has 0 saturated carbocycles. The molecule has 1 N–H and O–H groups in total. The van der Waals surface area contributed by atoms with Gasteiger partial charge in [0.2, 0.25) is 0 Å². The summed E-state index contributed by atoms with van der Waals surface area (Å²) in [6, 6.07) is 22.9. The average Bonchev–Trinajstić information content (AvgIpc) is 3.72. The van der Waals surface area contributed by atoms with Crippen molar-refractivity contribution in [2.24, 2.45) is 0 Å². The third kappa shape index (κ3) is 6.58. The van der Waals surface area contributed by atoms with Crippen LogP contribution >= 0.6 is 15.7 Å². The highest BCUT2D eigenvalue weighted by atomic mass is 31.2. The van der Waals surface area contributed by atoms with Crippen molar-refractivity contribution in [3.8, 4) is 0 Å². The second-order valence-corrected chi connectivity index (χ2v) is 21.5. The first kappa shape index (κ1) is 31.6. The largest absolute Gasteiger partial charge is 0.348 e. The molecule has 2 aromatic carbocycles. The maximum Gasteiger partial charge on any atom is 0.330 e. The van der Waals surface area contributed by atoms with Gasteiger partial charge in [0.25, 0.3) is 14.1 Å². The first-order valence-corrected chi connectivity index (χ1v) is 21.8. The normalized spacial score (nSPS) is 27.7. The molecule has 6 rings (SSSR count). The van der Waals surface area contributed by atoms with E-state index >= 15 is 0 Å². The lowest BCUT2D eigenvalue weighted by Crippen LogP contribution is -2.58. The molecular weight excluding hydrogens is 612 g/mol. The fourth-order valence-corrected chi connectivity index (χ4v) is 13.1. The summed E-state index contributed by atoms with van der Waals surface area (Å²) in [4.78, 5) is 27.1. The van der Waals surface area contributed by atoms with E-state index in [9.17, 15) is 14.2 Å². The average molecular weight is 654 g/mol. The first-order valence-electron chi connectivity index (χ1n) is 15.2. The van der Waals surface area contributed by atoms with E-state index in [-0.39, 0.29) is 12.1 Å². The first-order chi connectivity index (χ1) is 21.0. The molecule has 12 heteroatoms. The number of aromatic nitrogens is 2. The summed E-state index contributed by atoms with van der Waals surface area (Å²) in [6.07, 6.45) is 4.33. The number of aryl methyl sites for hydroxylation is 1. The SMILES string of the molecule is Cc1cn([C@H]2C[C@@H](OP3O[C@H](C[Si](C)(c4ccccc4)c4ccccc4)[C@@H]4CCCN43)[C@@H](/C=C/P(C)(C)=O)O2)c(=O)[nH]c1=O. The maximum absolute atomic E-state index is 12.7. The van der Waals surface area contributed by atoms with Gasteiger partial charge in [-0.1, -0.05) is 77.6 Å². The molecule has 3 saturated heterocycles. The lowest BCUT2D eigenvalue weighted by atomic mass is 10.1. The van der Waals surface area contributed by atoms with Crippen molar-refractivity contribution in [3.05, 3.63) is 105 Å². The molecule has 0 radical (unpaired) electrons. The number of aromatic amines is 1. The van der Waals surface area contributed by atoms with Gasteiger partial charge in [0, 0.05) is 30.8 Å². The quantitative estimate of drug-likeness (QED) is 0.265. The van der Waals surface area contributed by atoms with E-state index < -0.39 is 53.4 Å². The van der Waals surface area contributed by atoms with Crippen LogP contribution in [-0.2, 0) is 18.3 Å². The molecule has 0 spiro atoms. The number of hydrogen-bond acceptors (Lipinski definition) is 7. The molecule has 0 aliphatic carbocycles. The van der Waals surface area contributed by atoms with Crippen LogP contribution in [0.2, 0.25) is 12.6 Å². The minimum absolute atomic E-state index is 0.0313. The molecular formula is C32H41N3O6P2Si. The number of H-pyrrole nitrogens is 1. The van der Waals surface area contributed by atoms with Crippen molar-refractivity contribution in [2.45, 2.75) is 69.4 Å². The predicted octanol–water partition coefficient (Wildman–Crippen LogP) is 4.64. The topological polar surface area (TPSA) is 103 Å². The van der Waals surface area contributed by atoms with Crippen molar-refractivity contribution in [1.82, 2.24) is 14.2 Å². The van der Waals surface area contributed by atoms with Gasteiger partial charge in [0.05, 0.1) is 12.2 Å².